The quantitative estimate of drug-likeness (QED) is 0.573. The molecule has 1 atom stereocenters. The molecule has 7 nitrogen and oxygen atoms in total. The van der Waals surface area contributed by atoms with E-state index in [1.807, 2.05) is 25.1 Å². The molecule has 1 aromatic carbocycles. The Morgan fingerprint density at radius 1 is 1.19 bits per heavy atom. The Labute approximate surface area is 190 Å². The lowest BCUT2D eigenvalue weighted by molar-refractivity contribution is -0.121. The predicted octanol–water partition coefficient (Wildman–Crippen LogP) is 3.83. The molecule has 32 heavy (non-hydrogen) atoms. The Hall–Kier alpha value is -2.87. The van der Waals surface area contributed by atoms with Gasteiger partial charge in [0.2, 0.25) is 5.91 Å². The molecule has 0 saturated carbocycles. The van der Waals surface area contributed by atoms with Crippen LogP contribution >= 0.6 is 11.3 Å². The molecular weight excluding hydrogens is 426 g/mol. The van der Waals surface area contributed by atoms with Crippen molar-refractivity contribution in [2.75, 3.05) is 13.2 Å². The minimum Gasteiger partial charge on any atom is -0.486 e. The van der Waals surface area contributed by atoms with E-state index in [4.69, 9.17) is 9.47 Å². The van der Waals surface area contributed by atoms with Gasteiger partial charge in [-0.2, -0.15) is 0 Å². The van der Waals surface area contributed by atoms with Crippen LogP contribution in [0.2, 0.25) is 0 Å². The number of aromatic nitrogens is 2. The van der Waals surface area contributed by atoms with Gasteiger partial charge in [-0.25, -0.2) is 4.98 Å². The van der Waals surface area contributed by atoms with Crippen LogP contribution in [0.3, 0.4) is 0 Å². The first-order chi connectivity index (χ1) is 15.6. The summed E-state index contributed by atoms with van der Waals surface area (Å²) in [4.78, 5) is 35.0. The fourth-order valence-corrected chi connectivity index (χ4v) is 5.74. The molecule has 1 amide bonds. The lowest BCUT2D eigenvalue weighted by Crippen LogP contribution is -2.27. The number of carbonyl (C=O) groups excluding carboxylic acids is 1. The summed E-state index contributed by atoms with van der Waals surface area (Å²) in [7, 11) is 0. The second kappa shape index (κ2) is 8.94. The molecule has 1 aliphatic carbocycles. The number of aromatic amines is 1. The van der Waals surface area contributed by atoms with Crippen LogP contribution in [0.5, 0.6) is 11.5 Å². The van der Waals surface area contributed by atoms with Crippen molar-refractivity contribution in [2.24, 2.45) is 0 Å². The number of benzene rings is 1. The smallest absolute Gasteiger partial charge is 0.259 e. The number of fused-ring (bicyclic) bond motifs is 4. The molecule has 3 heterocycles. The van der Waals surface area contributed by atoms with Gasteiger partial charge < -0.3 is 19.8 Å². The third-order valence-corrected chi connectivity index (χ3v) is 7.34. The highest BCUT2D eigenvalue weighted by molar-refractivity contribution is 7.18. The highest BCUT2D eigenvalue weighted by Gasteiger charge is 2.20. The maximum atomic E-state index is 12.8. The van der Waals surface area contributed by atoms with Crippen LogP contribution in [0, 0.1) is 0 Å². The largest absolute Gasteiger partial charge is 0.486 e. The van der Waals surface area contributed by atoms with Crippen molar-refractivity contribution < 1.29 is 14.3 Å². The first-order valence-electron chi connectivity index (χ1n) is 11.3. The maximum absolute atomic E-state index is 12.8. The van der Waals surface area contributed by atoms with Gasteiger partial charge in [-0.3, -0.25) is 9.59 Å². The number of ether oxygens (including phenoxy) is 2. The zero-order valence-corrected chi connectivity index (χ0v) is 19.0. The molecule has 0 spiro atoms. The van der Waals surface area contributed by atoms with Gasteiger partial charge in [0, 0.05) is 17.7 Å². The normalized spacial score (nSPS) is 16.3. The molecule has 8 heteroatoms. The Bertz CT molecular complexity index is 1220. The maximum Gasteiger partial charge on any atom is 0.259 e. The highest BCUT2D eigenvalue weighted by atomic mass is 32.1. The number of rotatable bonds is 5. The molecule has 168 valence electrons. The van der Waals surface area contributed by atoms with E-state index >= 15 is 0 Å². The standard InChI is InChI=1S/C24H27N3O4S/c1-14(15-7-8-17-18(13-15)31-12-11-30-17)25-21(28)10-9-20-26-23(29)22-16-5-3-2-4-6-19(16)32-24(22)27-20/h7-8,13-14H,2-6,9-12H2,1H3,(H,25,28)(H,26,27,29). The monoisotopic (exact) mass is 453 g/mol. The van der Waals surface area contributed by atoms with Gasteiger partial charge >= 0.3 is 0 Å². The molecular formula is C24H27N3O4S. The zero-order chi connectivity index (χ0) is 22.1. The van der Waals surface area contributed by atoms with Crippen molar-refractivity contribution in [1.82, 2.24) is 15.3 Å². The SMILES string of the molecule is CC(NC(=O)CCc1nc2sc3c(c2c(=O)[nH]1)CCCCC3)c1ccc2c(c1)OCCO2. The van der Waals surface area contributed by atoms with Crippen molar-refractivity contribution in [3.63, 3.8) is 0 Å². The summed E-state index contributed by atoms with van der Waals surface area (Å²) >= 11 is 1.64. The molecule has 5 rings (SSSR count). The molecule has 0 radical (unpaired) electrons. The number of aryl methyl sites for hydroxylation is 3. The van der Waals surface area contributed by atoms with Crippen molar-refractivity contribution in [3.05, 3.63) is 50.4 Å². The molecule has 0 fully saturated rings. The van der Waals surface area contributed by atoms with Crippen molar-refractivity contribution >= 4 is 27.5 Å². The fourth-order valence-electron chi connectivity index (χ4n) is 4.46. The second-order valence-corrected chi connectivity index (χ2v) is 9.53. The van der Waals surface area contributed by atoms with E-state index in [0.717, 1.165) is 40.8 Å². The van der Waals surface area contributed by atoms with Crippen LogP contribution in [0.25, 0.3) is 10.2 Å². The Kier molecular flexibility index (Phi) is 5.87. The number of amides is 1. The zero-order valence-electron chi connectivity index (χ0n) is 18.2. The summed E-state index contributed by atoms with van der Waals surface area (Å²) in [5.41, 5.74) is 2.07. The average molecular weight is 454 g/mol. The van der Waals surface area contributed by atoms with E-state index in [1.165, 1.54) is 23.3 Å². The third-order valence-electron chi connectivity index (χ3n) is 6.16. The number of nitrogens with zero attached hydrogens (tertiary/aromatic N) is 1. The van der Waals surface area contributed by atoms with Crippen LogP contribution in [0.15, 0.2) is 23.0 Å². The number of nitrogens with one attached hydrogen (secondary N) is 2. The summed E-state index contributed by atoms with van der Waals surface area (Å²) in [6.45, 7) is 3.02. The van der Waals surface area contributed by atoms with Crippen LogP contribution < -0.4 is 20.3 Å². The lowest BCUT2D eigenvalue weighted by atomic mass is 10.1. The van der Waals surface area contributed by atoms with E-state index in [2.05, 4.69) is 15.3 Å². The Balaban J connectivity index is 1.24. The first-order valence-corrected chi connectivity index (χ1v) is 12.1. The minimum absolute atomic E-state index is 0.0746. The number of carbonyl (C=O) groups is 1. The highest BCUT2D eigenvalue weighted by Crippen LogP contribution is 2.33. The molecule has 1 unspecified atom stereocenters. The first kappa shape index (κ1) is 21.0. The molecule has 2 aliphatic rings. The molecule has 3 aromatic rings. The van der Waals surface area contributed by atoms with Crippen LogP contribution in [-0.4, -0.2) is 29.1 Å². The second-order valence-electron chi connectivity index (χ2n) is 8.45. The lowest BCUT2D eigenvalue weighted by Gasteiger charge is -2.21. The van der Waals surface area contributed by atoms with Crippen LogP contribution in [-0.2, 0) is 24.1 Å². The van der Waals surface area contributed by atoms with Crippen LogP contribution in [0.1, 0.15) is 60.5 Å². The van der Waals surface area contributed by atoms with E-state index in [1.54, 1.807) is 11.3 Å². The molecule has 1 aliphatic heterocycles. The number of thiophene rings is 1. The molecule has 0 saturated heterocycles. The summed E-state index contributed by atoms with van der Waals surface area (Å²) in [6.07, 6.45) is 6.16. The summed E-state index contributed by atoms with van der Waals surface area (Å²) < 4.78 is 11.2. The van der Waals surface area contributed by atoms with Crippen molar-refractivity contribution in [3.8, 4) is 11.5 Å². The van der Waals surface area contributed by atoms with Gasteiger partial charge in [-0.15, -0.1) is 11.3 Å². The molecule has 2 aromatic heterocycles. The van der Waals surface area contributed by atoms with E-state index in [0.29, 0.717) is 31.2 Å². The van der Waals surface area contributed by atoms with Crippen molar-refractivity contribution in [1.29, 1.82) is 0 Å². The Morgan fingerprint density at radius 3 is 2.88 bits per heavy atom. The average Bonchev–Trinajstić information content (AvgIpc) is 2.99. The summed E-state index contributed by atoms with van der Waals surface area (Å²) in [5.74, 6) is 1.92. The number of hydrogen-bond acceptors (Lipinski definition) is 6. The van der Waals surface area contributed by atoms with Gasteiger partial charge in [0.1, 0.15) is 23.9 Å². The van der Waals surface area contributed by atoms with E-state index in [9.17, 15) is 9.59 Å². The predicted molar refractivity (Wildman–Crippen MR) is 124 cm³/mol. The topological polar surface area (TPSA) is 93.3 Å². The minimum atomic E-state index is -0.166. The van der Waals surface area contributed by atoms with E-state index < -0.39 is 0 Å². The summed E-state index contributed by atoms with van der Waals surface area (Å²) in [5, 5.41) is 3.78. The number of H-pyrrole nitrogens is 1. The Morgan fingerprint density at radius 2 is 2.00 bits per heavy atom. The number of hydrogen-bond donors (Lipinski definition) is 2. The molecule has 2 N–H and O–H groups in total. The van der Waals surface area contributed by atoms with Gasteiger partial charge in [0.25, 0.3) is 5.56 Å². The third kappa shape index (κ3) is 4.24. The molecule has 0 bridgehead atoms. The summed E-state index contributed by atoms with van der Waals surface area (Å²) in [6, 6.07) is 5.55. The van der Waals surface area contributed by atoms with Crippen molar-refractivity contribution in [2.45, 2.75) is 57.9 Å². The van der Waals surface area contributed by atoms with Gasteiger partial charge in [-0.05, 0) is 55.9 Å². The van der Waals surface area contributed by atoms with Crippen LogP contribution in [0.4, 0.5) is 0 Å². The fraction of sp³-hybridized carbons (Fsp3) is 0.458. The van der Waals surface area contributed by atoms with E-state index in [-0.39, 0.29) is 23.9 Å². The van der Waals surface area contributed by atoms with Gasteiger partial charge in [0.15, 0.2) is 11.5 Å². The van der Waals surface area contributed by atoms with Gasteiger partial charge in [-0.1, -0.05) is 12.5 Å². The van der Waals surface area contributed by atoms with Gasteiger partial charge in [0.05, 0.1) is 11.4 Å².